The molecule has 162 valence electrons. The number of rotatable bonds is 9. The third-order valence-electron chi connectivity index (χ3n) is 4.74. The van der Waals surface area contributed by atoms with Gasteiger partial charge in [-0.05, 0) is 43.3 Å². The van der Waals surface area contributed by atoms with Gasteiger partial charge in [-0.1, -0.05) is 37.3 Å². The van der Waals surface area contributed by atoms with Gasteiger partial charge in [0.1, 0.15) is 18.5 Å². The second-order valence-corrected chi connectivity index (χ2v) is 6.95. The summed E-state index contributed by atoms with van der Waals surface area (Å²) < 4.78 is 20.9. The number of likely N-dealkylation sites (N-methyl/N-ethyl adjacent to an activating group) is 1. The lowest BCUT2D eigenvalue weighted by molar-refractivity contribution is -0.147. The average Bonchev–Trinajstić information content (AvgIpc) is 3.27. The summed E-state index contributed by atoms with van der Waals surface area (Å²) in [5.74, 6) is -1.54. The fourth-order valence-electron chi connectivity index (χ4n) is 2.96. The van der Waals surface area contributed by atoms with Crippen LogP contribution in [0.5, 0.6) is 0 Å². The normalized spacial score (nSPS) is 11.7. The number of hydrogen-bond donors (Lipinski definition) is 2. The number of aromatic nitrogens is 2. The number of halogens is 1. The molecule has 2 aromatic carbocycles. The molecule has 0 unspecified atom stereocenters. The molecule has 0 saturated heterocycles. The molecule has 0 spiro atoms. The second-order valence-electron chi connectivity index (χ2n) is 6.95. The minimum Gasteiger partial charge on any atom is -0.460 e. The Balaban J connectivity index is 1.61. The van der Waals surface area contributed by atoms with E-state index in [1.54, 1.807) is 19.3 Å². The monoisotopic (exact) mass is 424 g/mol. The molecule has 0 radical (unpaired) electrons. The third kappa shape index (κ3) is 5.99. The largest absolute Gasteiger partial charge is 0.460 e. The molecule has 1 atom stereocenters. The van der Waals surface area contributed by atoms with Gasteiger partial charge in [-0.2, -0.15) is 5.10 Å². The van der Waals surface area contributed by atoms with Crippen molar-refractivity contribution in [2.45, 2.75) is 26.0 Å². The van der Waals surface area contributed by atoms with Crippen LogP contribution in [0.4, 0.5) is 4.39 Å². The summed E-state index contributed by atoms with van der Waals surface area (Å²) in [6, 6.07) is 14.4. The van der Waals surface area contributed by atoms with E-state index >= 15 is 0 Å². The van der Waals surface area contributed by atoms with Gasteiger partial charge in [-0.15, -0.1) is 0 Å². The molecule has 0 aliphatic heterocycles. The number of carbonyl (C=O) groups excluding carboxylic acids is 2. The van der Waals surface area contributed by atoms with Crippen LogP contribution in [0.3, 0.4) is 0 Å². The highest BCUT2D eigenvalue weighted by Gasteiger charge is 2.20. The highest BCUT2D eigenvalue weighted by atomic mass is 19.1. The van der Waals surface area contributed by atoms with Gasteiger partial charge >= 0.3 is 5.97 Å². The van der Waals surface area contributed by atoms with Crippen LogP contribution in [-0.2, 0) is 22.6 Å². The van der Waals surface area contributed by atoms with E-state index in [4.69, 9.17) is 4.74 Å². The fourth-order valence-corrected chi connectivity index (χ4v) is 2.96. The van der Waals surface area contributed by atoms with Gasteiger partial charge in [-0.25, -0.2) is 9.07 Å². The maximum absolute atomic E-state index is 14.1. The first-order valence-electron chi connectivity index (χ1n) is 10.0. The Morgan fingerprint density at radius 2 is 1.94 bits per heavy atom. The van der Waals surface area contributed by atoms with Crippen molar-refractivity contribution in [3.63, 3.8) is 0 Å². The number of nitrogens with zero attached hydrogens (tertiary/aromatic N) is 2. The summed E-state index contributed by atoms with van der Waals surface area (Å²) in [4.78, 5) is 24.9. The Morgan fingerprint density at radius 3 is 2.61 bits per heavy atom. The summed E-state index contributed by atoms with van der Waals surface area (Å²) >= 11 is 0. The van der Waals surface area contributed by atoms with E-state index < -0.39 is 23.7 Å². The van der Waals surface area contributed by atoms with E-state index in [1.165, 1.54) is 10.7 Å². The van der Waals surface area contributed by atoms with E-state index in [9.17, 15) is 14.0 Å². The van der Waals surface area contributed by atoms with Crippen LogP contribution in [0.25, 0.3) is 5.69 Å². The number of ether oxygens (including phenoxy) is 1. The van der Waals surface area contributed by atoms with Crippen LogP contribution in [0.1, 0.15) is 28.5 Å². The quantitative estimate of drug-likeness (QED) is 0.516. The topological polar surface area (TPSA) is 85.2 Å². The molecule has 2 N–H and O–H groups in total. The van der Waals surface area contributed by atoms with Crippen LogP contribution in [0, 0.1) is 5.82 Å². The number of benzene rings is 2. The number of nitrogens with one attached hydrogen (secondary N) is 2. The van der Waals surface area contributed by atoms with Gasteiger partial charge in [0.2, 0.25) is 0 Å². The fraction of sp³-hybridized carbons (Fsp3) is 0.261. The molecule has 7 nitrogen and oxygen atoms in total. The molecule has 3 aromatic rings. The van der Waals surface area contributed by atoms with Gasteiger partial charge in [-0.3, -0.25) is 9.59 Å². The summed E-state index contributed by atoms with van der Waals surface area (Å²) in [5.41, 5.74) is 2.31. The van der Waals surface area contributed by atoms with Crippen LogP contribution in [0.2, 0.25) is 0 Å². The molecule has 0 aliphatic carbocycles. The van der Waals surface area contributed by atoms with Crippen molar-refractivity contribution >= 4 is 11.9 Å². The Kier molecular flexibility index (Phi) is 7.50. The maximum atomic E-state index is 14.1. The Hall–Kier alpha value is -3.52. The molecule has 0 fully saturated rings. The molecule has 0 saturated carbocycles. The highest BCUT2D eigenvalue weighted by molar-refractivity contribution is 5.95. The van der Waals surface area contributed by atoms with Gasteiger partial charge in [0.05, 0.1) is 11.4 Å². The Labute approximate surface area is 180 Å². The van der Waals surface area contributed by atoms with E-state index in [2.05, 4.69) is 15.7 Å². The summed E-state index contributed by atoms with van der Waals surface area (Å²) in [6.07, 6.45) is 2.47. The minimum absolute atomic E-state index is 0.00342. The van der Waals surface area contributed by atoms with Crippen molar-refractivity contribution in [2.24, 2.45) is 0 Å². The first kappa shape index (κ1) is 22.2. The zero-order chi connectivity index (χ0) is 22.2. The molecular formula is C23H25FN4O3. The van der Waals surface area contributed by atoms with Crippen molar-refractivity contribution in [3.8, 4) is 5.69 Å². The van der Waals surface area contributed by atoms with Crippen molar-refractivity contribution in [1.29, 1.82) is 0 Å². The van der Waals surface area contributed by atoms with E-state index in [-0.39, 0.29) is 18.7 Å². The first-order valence-corrected chi connectivity index (χ1v) is 10.0. The molecule has 0 bridgehead atoms. The number of amides is 1. The predicted octanol–water partition coefficient (Wildman–Crippen LogP) is 2.64. The predicted molar refractivity (Wildman–Crippen MR) is 114 cm³/mol. The van der Waals surface area contributed by atoms with Gasteiger partial charge in [0.15, 0.2) is 0 Å². The lowest BCUT2D eigenvalue weighted by Crippen LogP contribution is -2.45. The lowest BCUT2D eigenvalue weighted by Gasteiger charge is -2.16. The van der Waals surface area contributed by atoms with Crippen LogP contribution in [-0.4, -0.2) is 41.3 Å². The van der Waals surface area contributed by atoms with E-state index in [0.29, 0.717) is 5.69 Å². The standard InChI is InChI=1S/C23H25FN4O3/c1-3-19-9-10-28(27-19)20-12-17(11-18(24)13-20)22(29)26-14-21(25-2)23(30)31-15-16-7-5-4-6-8-16/h4-13,21,25H,3,14-15H2,1-2H3,(H,26,29)/t21-/m1/s1. The highest BCUT2D eigenvalue weighted by Crippen LogP contribution is 2.14. The number of aryl methyl sites for hydroxylation is 1. The minimum atomic E-state index is -0.737. The number of esters is 1. The van der Waals surface area contributed by atoms with Crippen LogP contribution in [0.15, 0.2) is 60.8 Å². The number of hydrogen-bond acceptors (Lipinski definition) is 5. The van der Waals surface area contributed by atoms with Crippen LogP contribution < -0.4 is 10.6 Å². The summed E-state index contributed by atoms with van der Waals surface area (Å²) in [6.45, 7) is 2.11. The smallest absolute Gasteiger partial charge is 0.325 e. The Bertz CT molecular complexity index is 1040. The first-order chi connectivity index (χ1) is 15.0. The van der Waals surface area contributed by atoms with Gasteiger partial charge in [0.25, 0.3) is 5.91 Å². The zero-order valence-electron chi connectivity index (χ0n) is 17.5. The average molecular weight is 424 g/mol. The molecule has 3 rings (SSSR count). The van der Waals surface area contributed by atoms with E-state index in [1.807, 2.05) is 43.3 Å². The summed E-state index contributed by atoms with van der Waals surface area (Å²) in [5, 5.41) is 9.82. The molecule has 1 amide bonds. The van der Waals surface area contributed by atoms with Crippen molar-refractivity contribution in [1.82, 2.24) is 20.4 Å². The van der Waals surface area contributed by atoms with Crippen molar-refractivity contribution in [3.05, 3.63) is 83.4 Å². The van der Waals surface area contributed by atoms with Gasteiger partial charge < -0.3 is 15.4 Å². The molecule has 1 heterocycles. The van der Waals surface area contributed by atoms with Crippen molar-refractivity contribution in [2.75, 3.05) is 13.6 Å². The number of carbonyl (C=O) groups is 2. The van der Waals surface area contributed by atoms with Crippen LogP contribution >= 0.6 is 0 Å². The molecule has 0 aliphatic rings. The van der Waals surface area contributed by atoms with E-state index in [0.717, 1.165) is 23.7 Å². The molecular weight excluding hydrogens is 399 g/mol. The van der Waals surface area contributed by atoms with Gasteiger partial charge in [0, 0.05) is 18.3 Å². The molecule has 1 aromatic heterocycles. The maximum Gasteiger partial charge on any atom is 0.325 e. The SMILES string of the molecule is CCc1ccn(-c2cc(F)cc(C(=O)NC[C@@H](NC)C(=O)OCc3ccccc3)c2)n1. The summed E-state index contributed by atoms with van der Waals surface area (Å²) in [7, 11) is 1.60. The molecule has 31 heavy (non-hydrogen) atoms. The second kappa shape index (κ2) is 10.5. The lowest BCUT2D eigenvalue weighted by atomic mass is 10.1. The van der Waals surface area contributed by atoms with Crippen molar-refractivity contribution < 1.29 is 18.7 Å². The molecule has 8 heteroatoms. The zero-order valence-corrected chi connectivity index (χ0v) is 17.5. The Morgan fingerprint density at radius 1 is 1.16 bits per heavy atom. The third-order valence-corrected chi connectivity index (χ3v) is 4.74.